The van der Waals surface area contributed by atoms with Crippen LogP contribution in [0.5, 0.6) is 0 Å². The number of piperidine rings is 1. The molecule has 7 nitrogen and oxygen atoms in total. The van der Waals surface area contributed by atoms with Gasteiger partial charge in [-0.1, -0.05) is 12.1 Å². The summed E-state index contributed by atoms with van der Waals surface area (Å²) in [5.41, 5.74) is 2.76. The number of fused-ring (bicyclic) bond motifs is 1. The zero-order chi connectivity index (χ0) is 18.8. The second kappa shape index (κ2) is 7.33. The van der Waals surface area contributed by atoms with Gasteiger partial charge in [0.25, 0.3) is 0 Å². The highest BCUT2D eigenvalue weighted by molar-refractivity contribution is 5.45. The monoisotopic (exact) mass is 361 g/mol. The second-order valence-corrected chi connectivity index (χ2v) is 7.27. The van der Waals surface area contributed by atoms with Gasteiger partial charge in [0.05, 0.1) is 11.6 Å². The largest absolute Gasteiger partial charge is 0.361 e. The number of rotatable bonds is 4. The Hall–Kier alpha value is -2.98. The third-order valence-corrected chi connectivity index (χ3v) is 5.17. The van der Waals surface area contributed by atoms with Crippen LogP contribution in [0.15, 0.2) is 36.4 Å². The van der Waals surface area contributed by atoms with Crippen LogP contribution in [0.25, 0.3) is 5.65 Å². The summed E-state index contributed by atoms with van der Waals surface area (Å²) in [5.74, 6) is 2.25. The average Bonchev–Trinajstić information content (AvgIpc) is 3.12. The predicted octanol–water partition coefficient (Wildman–Crippen LogP) is 2.44. The number of nitrogens with zero attached hydrogens (tertiary/aromatic N) is 7. The van der Waals surface area contributed by atoms with Crippen molar-refractivity contribution in [3.63, 3.8) is 0 Å². The molecule has 4 rings (SSSR count). The summed E-state index contributed by atoms with van der Waals surface area (Å²) in [4.78, 5) is 4.45. The van der Waals surface area contributed by atoms with Crippen molar-refractivity contribution >= 4 is 11.5 Å². The van der Waals surface area contributed by atoms with E-state index in [2.05, 4.69) is 21.2 Å². The zero-order valence-electron chi connectivity index (χ0n) is 15.7. The molecule has 138 valence electrons. The topological polar surface area (TPSA) is 73.4 Å². The van der Waals surface area contributed by atoms with Crippen LogP contribution in [0.3, 0.4) is 0 Å². The van der Waals surface area contributed by atoms with Crippen molar-refractivity contribution < 1.29 is 0 Å². The molecule has 0 amide bonds. The van der Waals surface area contributed by atoms with Gasteiger partial charge in [-0.2, -0.15) is 9.78 Å². The molecule has 27 heavy (non-hydrogen) atoms. The Morgan fingerprint density at radius 2 is 1.81 bits per heavy atom. The molecule has 0 atom stereocenters. The molecule has 0 unspecified atom stereocenters. The third-order valence-electron chi connectivity index (χ3n) is 5.17. The number of likely N-dealkylation sites (tertiary alicyclic amines) is 1. The molecular formula is C20H23N7. The first-order valence-corrected chi connectivity index (χ1v) is 9.25. The van der Waals surface area contributed by atoms with Gasteiger partial charge in [0.15, 0.2) is 11.5 Å². The van der Waals surface area contributed by atoms with Crippen LogP contribution in [0, 0.1) is 11.3 Å². The van der Waals surface area contributed by atoms with Crippen molar-refractivity contribution in [2.24, 2.45) is 0 Å². The smallest absolute Gasteiger partial charge is 0.178 e. The lowest BCUT2D eigenvalue weighted by Crippen LogP contribution is -2.33. The van der Waals surface area contributed by atoms with E-state index in [1.807, 2.05) is 59.9 Å². The van der Waals surface area contributed by atoms with Gasteiger partial charge in [-0.3, -0.25) is 4.90 Å². The van der Waals surface area contributed by atoms with Crippen molar-refractivity contribution in [3.8, 4) is 6.07 Å². The Bertz CT molecular complexity index is 960. The summed E-state index contributed by atoms with van der Waals surface area (Å²) in [7, 11) is 3.97. The molecule has 1 aliphatic heterocycles. The van der Waals surface area contributed by atoms with E-state index in [9.17, 15) is 0 Å². The fourth-order valence-corrected chi connectivity index (χ4v) is 3.58. The number of hydrogen-bond acceptors (Lipinski definition) is 6. The minimum absolute atomic E-state index is 0.377. The Morgan fingerprint density at radius 1 is 1.07 bits per heavy atom. The van der Waals surface area contributed by atoms with Crippen molar-refractivity contribution in [2.45, 2.75) is 25.3 Å². The molecule has 0 radical (unpaired) electrons. The maximum absolute atomic E-state index is 8.91. The molecule has 7 heteroatoms. The van der Waals surface area contributed by atoms with Crippen LogP contribution in [-0.4, -0.2) is 51.9 Å². The normalized spacial score (nSPS) is 15.7. The van der Waals surface area contributed by atoms with Crippen LogP contribution in [0.4, 0.5) is 5.82 Å². The minimum atomic E-state index is 0.377. The van der Waals surface area contributed by atoms with Gasteiger partial charge >= 0.3 is 0 Å². The highest BCUT2D eigenvalue weighted by Gasteiger charge is 2.25. The SMILES string of the molecule is CN(C)c1ccc2nnc(C3CCN(Cc4ccc(C#N)cc4)CC3)n2n1. The molecule has 0 N–H and O–H groups in total. The van der Waals surface area contributed by atoms with Crippen molar-refractivity contribution in [3.05, 3.63) is 53.3 Å². The molecular weight excluding hydrogens is 338 g/mol. The second-order valence-electron chi connectivity index (χ2n) is 7.27. The summed E-state index contributed by atoms with van der Waals surface area (Å²) in [6.07, 6.45) is 2.09. The number of anilines is 1. The lowest BCUT2D eigenvalue weighted by molar-refractivity contribution is 0.201. The van der Waals surface area contributed by atoms with E-state index in [1.54, 1.807) is 0 Å². The van der Waals surface area contributed by atoms with Crippen LogP contribution >= 0.6 is 0 Å². The number of nitriles is 1. The summed E-state index contributed by atoms with van der Waals surface area (Å²) in [6, 6.07) is 14.0. The summed E-state index contributed by atoms with van der Waals surface area (Å²) >= 11 is 0. The first kappa shape index (κ1) is 17.4. The summed E-state index contributed by atoms with van der Waals surface area (Å²) < 4.78 is 1.90. The van der Waals surface area contributed by atoms with E-state index < -0.39 is 0 Å². The standard InChI is InChI=1S/C20H23N7/c1-25(2)19-8-7-18-22-23-20(27(18)24-19)17-9-11-26(12-10-17)14-16-5-3-15(13-21)4-6-16/h3-8,17H,9-12,14H2,1-2H3. The predicted molar refractivity (Wildman–Crippen MR) is 104 cm³/mol. The molecule has 3 aromatic rings. The molecule has 0 aliphatic carbocycles. The van der Waals surface area contributed by atoms with E-state index >= 15 is 0 Å². The number of benzene rings is 1. The Kier molecular flexibility index (Phi) is 4.73. The molecule has 0 saturated carbocycles. The highest BCUT2D eigenvalue weighted by atomic mass is 15.4. The summed E-state index contributed by atoms with van der Waals surface area (Å²) in [6.45, 7) is 2.96. The van der Waals surface area contributed by atoms with E-state index in [4.69, 9.17) is 10.4 Å². The van der Waals surface area contributed by atoms with Crippen molar-refractivity contribution in [1.29, 1.82) is 5.26 Å². The van der Waals surface area contributed by atoms with Crippen molar-refractivity contribution in [2.75, 3.05) is 32.1 Å². The maximum atomic E-state index is 8.91. The van der Waals surface area contributed by atoms with Crippen LogP contribution in [0.2, 0.25) is 0 Å². The van der Waals surface area contributed by atoms with Crippen LogP contribution < -0.4 is 4.90 Å². The Morgan fingerprint density at radius 3 is 2.48 bits per heavy atom. The van der Waals surface area contributed by atoms with Crippen LogP contribution in [0.1, 0.15) is 35.7 Å². The number of aromatic nitrogens is 4. The maximum Gasteiger partial charge on any atom is 0.178 e. The molecule has 1 fully saturated rings. The lowest BCUT2D eigenvalue weighted by Gasteiger charge is -2.31. The summed E-state index contributed by atoms with van der Waals surface area (Å²) in [5, 5.41) is 22.3. The minimum Gasteiger partial charge on any atom is -0.361 e. The van der Waals surface area contributed by atoms with Gasteiger partial charge in [0, 0.05) is 26.6 Å². The zero-order valence-corrected chi connectivity index (χ0v) is 15.7. The van der Waals surface area contributed by atoms with Gasteiger partial charge in [0.1, 0.15) is 5.82 Å². The van der Waals surface area contributed by atoms with E-state index in [-0.39, 0.29) is 0 Å². The molecule has 0 spiro atoms. The van der Waals surface area contributed by atoms with Crippen molar-refractivity contribution in [1.82, 2.24) is 24.7 Å². The molecule has 2 aromatic heterocycles. The average molecular weight is 361 g/mol. The highest BCUT2D eigenvalue weighted by Crippen LogP contribution is 2.28. The molecule has 3 heterocycles. The van der Waals surface area contributed by atoms with E-state index in [1.165, 1.54) is 5.56 Å². The lowest BCUT2D eigenvalue weighted by atomic mass is 9.95. The molecule has 1 aliphatic rings. The van der Waals surface area contributed by atoms with Gasteiger partial charge < -0.3 is 4.90 Å². The van der Waals surface area contributed by atoms with Gasteiger partial charge in [0.2, 0.25) is 0 Å². The third kappa shape index (κ3) is 3.62. The quantitative estimate of drug-likeness (QED) is 0.711. The molecule has 1 aromatic carbocycles. The van der Waals surface area contributed by atoms with Gasteiger partial charge in [-0.25, -0.2) is 0 Å². The Labute approximate surface area is 158 Å². The van der Waals surface area contributed by atoms with E-state index in [0.29, 0.717) is 11.5 Å². The Balaban J connectivity index is 1.43. The number of hydrogen-bond donors (Lipinski definition) is 0. The van der Waals surface area contributed by atoms with Crippen LogP contribution in [-0.2, 0) is 6.54 Å². The van der Waals surface area contributed by atoms with Gasteiger partial charge in [-0.05, 0) is 55.8 Å². The molecule has 0 bridgehead atoms. The first-order valence-electron chi connectivity index (χ1n) is 9.25. The first-order chi connectivity index (χ1) is 13.1. The van der Waals surface area contributed by atoms with E-state index in [0.717, 1.165) is 49.8 Å². The molecule has 1 saturated heterocycles. The fourth-order valence-electron chi connectivity index (χ4n) is 3.58. The fraction of sp³-hybridized carbons (Fsp3) is 0.400. The van der Waals surface area contributed by atoms with Gasteiger partial charge in [-0.15, -0.1) is 15.3 Å².